The Morgan fingerprint density at radius 2 is 2.00 bits per heavy atom. The van der Waals surface area contributed by atoms with Crippen LogP contribution in [0, 0.1) is 0 Å². The molecule has 5 nitrogen and oxygen atoms in total. The van der Waals surface area contributed by atoms with Crippen LogP contribution in [0.4, 0.5) is 0 Å². The Morgan fingerprint density at radius 1 is 1.15 bits per heavy atom. The lowest BCUT2D eigenvalue weighted by Gasteiger charge is -2.10. The highest BCUT2D eigenvalue weighted by atomic mass is 32.1. The summed E-state index contributed by atoms with van der Waals surface area (Å²) in [5.41, 5.74) is 2.77. The molecule has 1 aliphatic rings. The number of hydrogen-bond acceptors (Lipinski definition) is 3. The number of aromatic nitrogens is 3. The van der Waals surface area contributed by atoms with E-state index in [1.54, 1.807) is 11.3 Å². The van der Waals surface area contributed by atoms with Gasteiger partial charge in [0.25, 0.3) is 5.56 Å². The number of rotatable bonds is 2. The summed E-state index contributed by atoms with van der Waals surface area (Å²) in [7, 11) is 2.00. The maximum absolute atomic E-state index is 13.1. The Labute approximate surface area is 153 Å². The SMILES string of the molecule is Cn1ccc2cc(Cn3c(=O)[nH]c4sc5c(c4c3=O)CCCC5)ccc21. The molecule has 0 unspecified atom stereocenters. The van der Waals surface area contributed by atoms with Crippen molar-refractivity contribution in [1.29, 1.82) is 0 Å². The van der Waals surface area contributed by atoms with Crippen molar-refractivity contribution in [1.82, 2.24) is 14.1 Å². The quantitative estimate of drug-likeness (QED) is 0.593. The van der Waals surface area contributed by atoms with Crippen LogP contribution in [0.25, 0.3) is 21.1 Å². The summed E-state index contributed by atoms with van der Waals surface area (Å²) >= 11 is 1.58. The van der Waals surface area contributed by atoms with Gasteiger partial charge in [-0.05, 0) is 60.4 Å². The third-order valence-corrected chi connectivity index (χ3v) is 6.59. The van der Waals surface area contributed by atoms with Crippen molar-refractivity contribution < 1.29 is 0 Å². The zero-order valence-corrected chi connectivity index (χ0v) is 15.4. The Bertz CT molecular complexity index is 1270. The summed E-state index contributed by atoms with van der Waals surface area (Å²) in [6.45, 7) is 0.291. The van der Waals surface area contributed by atoms with E-state index in [1.165, 1.54) is 9.44 Å². The predicted octanol–water partition coefficient (Wildman–Crippen LogP) is 3.17. The Morgan fingerprint density at radius 3 is 2.88 bits per heavy atom. The molecule has 132 valence electrons. The summed E-state index contributed by atoms with van der Waals surface area (Å²) in [4.78, 5) is 30.6. The zero-order valence-electron chi connectivity index (χ0n) is 14.5. The molecule has 0 amide bonds. The first-order valence-corrected chi connectivity index (χ1v) is 9.75. The second kappa shape index (κ2) is 5.71. The van der Waals surface area contributed by atoms with Crippen molar-refractivity contribution in [2.75, 3.05) is 0 Å². The summed E-state index contributed by atoms with van der Waals surface area (Å²) < 4.78 is 3.40. The number of nitrogens with zero attached hydrogens (tertiary/aromatic N) is 2. The predicted molar refractivity (Wildman–Crippen MR) is 105 cm³/mol. The van der Waals surface area contributed by atoms with Crippen LogP contribution in [0.3, 0.4) is 0 Å². The largest absolute Gasteiger partial charge is 0.351 e. The standard InChI is InChI=1S/C20H19N3O2S/c1-22-9-8-13-10-12(6-7-15(13)22)11-23-19(24)17-14-4-2-3-5-16(14)26-18(17)21-20(23)25/h6-10H,2-5,11H2,1H3,(H,21,25). The maximum Gasteiger partial charge on any atom is 0.329 e. The number of nitrogens with one attached hydrogen (secondary N) is 1. The van der Waals surface area contributed by atoms with Crippen molar-refractivity contribution in [3.63, 3.8) is 0 Å². The van der Waals surface area contributed by atoms with E-state index >= 15 is 0 Å². The molecule has 0 saturated heterocycles. The highest BCUT2D eigenvalue weighted by molar-refractivity contribution is 7.18. The van der Waals surface area contributed by atoms with Crippen LogP contribution >= 0.6 is 11.3 Å². The molecule has 0 saturated carbocycles. The fourth-order valence-corrected chi connectivity index (χ4v) is 5.30. The molecular weight excluding hydrogens is 346 g/mol. The molecule has 1 aliphatic carbocycles. The third kappa shape index (κ3) is 2.29. The van der Waals surface area contributed by atoms with Crippen molar-refractivity contribution in [3.05, 3.63) is 67.3 Å². The fourth-order valence-electron chi connectivity index (χ4n) is 4.03. The van der Waals surface area contributed by atoms with Gasteiger partial charge in [0.1, 0.15) is 4.83 Å². The molecule has 0 radical (unpaired) electrons. The summed E-state index contributed by atoms with van der Waals surface area (Å²) in [6, 6.07) is 8.12. The first-order chi connectivity index (χ1) is 12.6. The molecule has 26 heavy (non-hydrogen) atoms. The molecule has 6 heteroatoms. The van der Waals surface area contributed by atoms with E-state index in [2.05, 4.69) is 15.6 Å². The normalized spacial score (nSPS) is 14.2. The fraction of sp³-hybridized carbons (Fsp3) is 0.300. The van der Waals surface area contributed by atoms with E-state index in [0.29, 0.717) is 6.54 Å². The van der Waals surface area contributed by atoms with Gasteiger partial charge in [-0.3, -0.25) is 14.3 Å². The summed E-state index contributed by atoms with van der Waals surface area (Å²) in [5, 5.41) is 1.84. The second-order valence-electron chi connectivity index (χ2n) is 7.06. The zero-order chi connectivity index (χ0) is 17.8. The minimum Gasteiger partial charge on any atom is -0.351 e. The maximum atomic E-state index is 13.1. The van der Waals surface area contributed by atoms with Gasteiger partial charge in [-0.15, -0.1) is 11.3 Å². The first kappa shape index (κ1) is 15.6. The molecule has 0 aliphatic heterocycles. The van der Waals surface area contributed by atoms with Crippen molar-refractivity contribution in [2.45, 2.75) is 32.2 Å². The lowest BCUT2D eigenvalue weighted by atomic mass is 9.97. The Kier molecular flexibility index (Phi) is 3.43. The lowest BCUT2D eigenvalue weighted by Crippen LogP contribution is -2.35. The van der Waals surface area contributed by atoms with Gasteiger partial charge >= 0.3 is 5.69 Å². The van der Waals surface area contributed by atoms with E-state index in [9.17, 15) is 9.59 Å². The van der Waals surface area contributed by atoms with Crippen molar-refractivity contribution in [2.24, 2.45) is 7.05 Å². The van der Waals surface area contributed by atoms with Gasteiger partial charge in [0, 0.05) is 23.6 Å². The van der Waals surface area contributed by atoms with Crippen LogP contribution in [-0.4, -0.2) is 14.1 Å². The van der Waals surface area contributed by atoms with Gasteiger partial charge in [-0.2, -0.15) is 0 Å². The first-order valence-electron chi connectivity index (χ1n) is 8.93. The van der Waals surface area contributed by atoms with E-state index in [1.807, 2.05) is 31.4 Å². The molecule has 3 aromatic heterocycles. The molecule has 1 N–H and O–H groups in total. The third-order valence-electron chi connectivity index (χ3n) is 5.39. The average molecular weight is 365 g/mol. The average Bonchev–Trinajstić information content (AvgIpc) is 3.18. The second-order valence-corrected chi connectivity index (χ2v) is 8.16. The number of benzene rings is 1. The smallest absolute Gasteiger partial charge is 0.329 e. The van der Waals surface area contributed by atoms with E-state index in [4.69, 9.17) is 0 Å². The van der Waals surface area contributed by atoms with E-state index in [0.717, 1.165) is 57.9 Å². The van der Waals surface area contributed by atoms with Crippen molar-refractivity contribution in [3.8, 4) is 0 Å². The van der Waals surface area contributed by atoms with E-state index < -0.39 is 0 Å². The molecule has 0 spiro atoms. The van der Waals surface area contributed by atoms with Crippen LogP contribution in [0.5, 0.6) is 0 Å². The van der Waals surface area contributed by atoms with Crippen LogP contribution in [0.15, 0.2) is 40.1 Å². The van der Waals surface area contributed by atoms with Gasteiger partial charge in [0.2, 0.25) is 0 Å². The molecule has 0 bridgehead atoms. The minimum absolute atomic E-state index is 0.156. The molecule has 1 aromatic carbocycles. The van der Waals surface area contributed by atoms with Crippen LogP contribution in [0.2, 0.25) is 0 Å². The van der Waals surface area contributed by atoms with Gasteiger partial charge in [-0.25, -0.2) is 4.79 Å². The number of fused-ring (bicyclic) bond motifs is 4. The van der Waals surface area contributed by atoms with Gasteiger partial charge in [0.15, 0.2) is 0 Å². The summed E-state index contributed by atoms with van der Waals surface area (Å²) in [6.07, 6.45) is 6.24. The number of H-pyrrole nitrogens is 1. The Hall–Kier alpha value is -2.60. The molecule has 0 fully saturated rings. The number of aromatic amines is 1. The number of thiophene rings is 1. The number of aryl methyl sites for hydroxylation is 3. The highest BCUT2D eigenvalue weighted by Gasteiger charge is 2.20. The highest BCUT2D eigenvalue weighted by Crippen LogP contribution is 2.33. The summed E-state index contributed by atoms with van der Waals surface area (Å²) in [5.74, 6) is 0. The number of hydrogen-bond donors (Lipinski definition) is 1. The molecule has 5 rings (SSSR count). The molecule has 3 heterocycles. The van der Waals surface area contributed by atoms with Crippen LogP contribution in [0.1, 0.15) is 28.8 Å². The van der Waals surface area contributed by atoms with Crippen LogP contribution < -0.4 is 11.2 Å². The minimum atomic E-state index is -0.325. The van der Waals surface area contributed by atoms with E-state index in [-0.39, 0.29) is 11.2 Å². The van der Waals surface area contributed by atoms with Gasteiger partial charge in [0.05, 0.1) is 11.9 Å². The monoisotopic (exact) mass is 365 g/mol. The van der Waals surface area contributed by atoms with Gasteiger partial charge < -0.3 is 4.57 Å². The van der Waals surface area contributed by atoms with Gasteiger partial charge in [-0.1, -0.05) is 6.07 Å². The lowest BCUT2D eigenvalue weighted by molar-refractivity contribution is 0.693. The van der Waals surface area contributed by atoms with Crippen molar-refractivity contribution >= 4 is 32.5 Å². The van der Waals surface area contributed by atoms with Crippen LogP contribution in [-0.2, 0) is 26.4 Å². The molecule has 0 atom stereocenters. The Balaban J connectivity index is 1.65. The molecular formula is C20H19N3O2S. The topological polar surface area (TPSA) is 59.8 Å². The molecule has 4 aromatic rings.